The molecule has 0 heterocycles. The van der Waals surface area contributed by atoms with E-state index in [-0.39, 0.29) is 6.42 Å². The Kier molecular flexibility index (Phi) is 7.07. The molecule has 0 aromatic carbocycles. The molecule has 0 saturated carbocycles. The van der Waals surface area contributed by atoms with Gasteiger partial charge in [-0.05, 0) is 23.2 Å². The maximum atomic E-state index is 13.6. The van der Waals surface area contributed by atoms with Crippen molar-refractivity contribution in [3.8, 4) is 0 Å². The normalized spacial score (nSPS) is 15.9. The zero-order valence-electron chi connectivity index (χ0n) is 15.8. The maximum absolute atomic E-state index is 13.6. The van der Waals surface area contributed by atoms with E-state index in [9.17, 15) is 31.1 Å². The highest BCUT2D eigenvalue weighted by Gasteiger charge is 2.74. The lowest BCUT2D eigenvalue weighted by Gasteiger charge is -2.43. The van der Waals surface area contributed by atoms with Crippen molar-refractivity contribution in [1.82, 2.24) is 0 Å². The molecule has 1 atom stereocenters. The van der Waals surface area contributed by atoms with E-state index in [1.165, 1.54) is 0 Å². The van der Waals surface area contributed by atoms with Crippen molar-refractivity contribution < 1.29 is 35.9 Å². The van der Waals surface area contributed by atoms with Crippen LogP contribution in [-0.2, 0) is 9.53 Å². The summed E-state index contributed by atoms with van der Waals surface area (Å²) in [5.41, 5.74) is -5.83. The van der Waals surface area contributed by atoms with E-state index in [1.807, 2.05) is 0 Å². The number of alkyl halides is 6. The van der Waals surface area contributed by atoms with Crippen molar-refractivity contribution in [3.63, 3.8) is 0 Å². The predicted octanol–water partition coefficient (Wildman–Crippen LogP) is 6.29. The van der Waals surface area contributed by atoms with Crippen LogP contribution < -0.4 is 0 Å². The number of halogens is 6. The second-order valence-corrected chi connectivity index (χ2v) is 8.68. The zero-order chi connectivity index (χ0) is 20.5. The summed E-state index contributed by atoms with van der Waals surface area (Å²) in [5.74, 6) is -2.50. The van der Waals surface area contributed by atoms with Crippen LogP contribution in [0.15, 0.2) is 0 Å². The maximum Gasteiger partial charge on any atom is 0.437 e. The van der Waals surface area contributed by atoms with Crippen LogP contribution in [0.2, 0.25) is 0 Å². The van der Waals surface area contributed by atoms with Crippen molar-refractivity contribution in [1.29, 1.82) is 0 Å². The third kappa shape index (κ3) is 6.37. The van der Waals surface area contributed by atoms with E-state index in [0.29, 0.717) is 0 Å². The summed E-state index contributed by atoms with van der Waals surface area (Å²) in [6, 6.07) is 0. The molecule has 0 saturated heterocycles. The van der Waals surface area contributed by atoms with Crippen molar-refractivity contribution in [2.24, 2.45) is 16.7 Å². The molecule has 8 heteroatoms. The fraction of sp³-hybridized carbons (Fsp3) is 0.941. The van der Waals surface area contributed by atoms with Gasteiger partial charge in [-0.25, -0.2) is 0 Å². The van der Waals surface area contributed by atoms with E-state index in [2.05, 4.69) is 4.74 Å². The van der Waals surface area contributed by atoms with Crippen molar-refractivity contribution in [2.75, 3.05) is 0 Å². The van der Waals surface area contributed by atoms with Crippen LogP contribution >= 0.6 is 0 Å². The molecule has 0 rings (SSSR count). The molecular formula is C17H28F6O2. The van der Waals surface area contributed by atoms with Gasteiger partial charge < -0.3 is 4.74 Å². The molecule has 0 bridgehead atoms. The second-order valence-electron chi connectivity index (χ2n) is 8.68. The van der Waals surface area contributed by atoms with Crippen LogP contribution in [0.3, 0.4) is 0 Å². The second kappa shape index (κ2) is 7.35. The largest absolute Gasteiger partial charge is 0.439 e. The first kappa shape index (κ1) is 24.1. The van der Waals surface area contributed by atoms with Crippen LogP contribution in [0.5, 0.6) is 0 Å². The molecule has 0 amide bonds. The molecule has 25 heavy (non-hydrogen) atoms. The Morgan fingerprint density at radius 2 is 1.24 bits per heavy atom. The highest BCUT2D eigenvalue weighted by Crippen LogP contribution is 2.53. The Bertz CT molecular complexity index is 438. The van der Waals surface area contributed by atoms with Gasteiger partial charge in [0.1, 0.15) is 0 Å². The standard InChI is InChI=1S/C17H28F6O2/c1-8-12(24)25-15(16(18,19)20,17(21,22)23)10-11(14(5,6)7)9-13(2,3)4/h11H,8-10H2,1-7H3. The molecule has 1 unspecified atom stereocenters. The monoisotopic (exact) mass is 378 g/mol. The first-order chi connectivity index (χ1) is 10.8. The quantitative estimate of drug-likeness (QED) is 0.415. The molecule has 0 aliphatic carbocycles. The minimum absolute atomic E-state index is 0.119. The van der Waals surface area contributed by atoms with Crippen LogP contribution in [0.25, 0.3) is 0 Å². The molecule has 0 fully saturated rings. The molecule has 0 aliphatic heterocycles. The first-order valence-electron chi connectivity index (χ1n) is 8.12. The molecule has 0 N–H and O–H groups in total. The van der Waals surface area contributed by atoms with Gasteiger partial charge in [-0.3, -0.25) is 4.79 Å². The molecule has 0 radical (unpaired) electrons. The number of esters is 1. The Hall–Kier alpha value is -0.950. The van der Waals surface area contributed by atoms with Gasteiger partial charge in [0.15, 0.2) is 0 Å². The minimum Gasteiger partial charge on any atom is -0.439 e. The SMILES string of the molecule is CCC(=O)OC(CC(CC(C)(C)C)C(C)(C)C)(C(F)(F)F)C(F)(F)F. The van der Waals surface area contributed by atoms with Gasteiger partial charge in [0.25, 0.3) is 0 Å². The third-order valence-electron chi connectivity index (χ3n) is 4.11. The van der Waals surface area contributed by atoms with Crippen LogP contribution in [-0.4, -0.2) is 23.9 Å². The van der Waals surface area contributed by atoms with Gasteiger partial charge in [0, 0.05) is 12.8 Å². The fourth-order valence-corrected chi connectivity index (χ4v) is 2.59. The smallest absolute Gasteiger partial charge is 0.437 e. The van der Waals surface area contributed by atoms with Crippen LogP contribution in [0, 0.1) is 16.7 Å². The van der Waals surface area contributed by atoms with E-state index < -0.39 is 53.5 Å². The molecule has 0 aromatic heterocycles. The zero-order valence-corrected chi connectivity index (χ0v) is 15.8. The Labute approximate surface area is 145 Å². The van der Waals surface area contributed by atoms with Gasteiger partial charge in [-0.1, -0.05) is 48.5 Å². The summed E-state index contributed by atoms with van der Waals surface area (Å²) in [7, 11) is 0. The molecule has 150 valence electrons. The molecule has 0 aromatic rings. The first-order valence-corrected chi connectivity index (χ1v) is 8.12. The summed E-state index contributed by atoms with van der Waals surface area (Å²) < 4.78 is 85.4. The Morgan fingerprint density at radius 3 is 1.48 bits per heavy atom. The van der Waals surface area contributed by atoms with Crippen molar-refractivity contribution in [2.45, 2.75) is 85.7 Å². The Morgan fingerprint density at radius 1 is 0.840 bits per heavy atom. The number of hydrogen-bond acceptors (Lipinski definition) is 2. The van der Waals surface area contributed by atoms with Gasteiger partial charge in [-0.2, -0.15) is 26.3 Å². The summed E-state index contributed by atoms with van der Waals surface area (Å²) >= 11 is 0. The minimum atomic E-state index is -5.77. The molecule has 2 nitrogen and oxygen atoms in total. The number of rotatable bonds is 5. The lowest BCUT2D eigenvalue weighted by molar-refractivity contribution is -0.376. The van der Waals surface area contributed by atoms with Gasteiger partial charge >= 0.3 is 23.9 Å². The lowest BCUT2D eigenvalue weighted by atomic mass is 9.67. The molecule has 0 aliphatic rings. The number of ether oxygens (including phenoxy) is 1. The highest BCUT2D eigenvalue weighted by molar-refractivity contribution is 5.69. The van der Waals surface area contributed by atoms with Gasteiger partial charge in [-0.15, -0.1) is 0 Å². The number of carbonyl (C=O) groups excluding carboxylic acids is 1. The van der Waals surface area contributed by atoms with E-state index in [0.717, 1.165) is 6.92 Å². The average Bonchev–Trinajstić information content (AvgIpc) is 2.30. The number of carbonyl (C=O) groups is 1. The predicted molar refractivity (Wildman–Crippen MR) is 82.9 cm³/mol. The molecular weight excluding hydrogens is 350 g/mol. The molecule has 0 spiro atoms. The number of hydrogen-bond donors (Lipinski definition) is 0. The van der Waals surface area contributed by atoms with E-state index >= 15 is 0 Å². The lowest BCUT2D eigenvalue weighted by Crippen LogP contribution is -2.61. The third-order valence-corrected chi connectivity index (χ3v) is 4.11. The van der Waals surface area contributed by atoms with Gasteiger partial charge in [0.2, 0.25) is 0 Å². The van der Waals surface area contributed by atoms with Gasteiger partial charge in [0.05, 0.1) is 0 Å². The van der Waals surface area contributed by atoms with Crippen LogP contribution in [0.4, 0.5) is 26.3 Å². The Balaban J connectivity index is 6.23. The van der Waals surface area contributed by atoms with Crippen molar-refractivity contribution in [3.05, 3.63) is 0 Å². The van der Waals surface area contributed by atoms with Crippen LogP contribution in [0.1, 0.15) is 67.7 Å². The van der Waals surface area contributed by atoms with E-state index in [4.69, 9.17) is 0 Å². The highest BCUT2D eigenvalue weighted by atomic mass is 19.4. The van der Waals surface area contributed by atoms with Crippen molar-refractivity contribution >= 4 is 5.97 Å². The summed E-state index contributed by atoms with van der Waals surface area (Å²) in [6.07, 6.45) is -13.3. The topological polar surface area (TPSA) is 26.3 Å². The fourth-order valence-electron chi connectivity index (χ4n) is 2.59. The summed E-state index contributed by atoms with van der Waals surface area (Å²) in [5, 5.41) is 0. The summed E-state index contributed by atoms with van der Waals surface area (Å²) in [6.45, 7) is 11.1. The average molecular weight is 378 g/mol. The summed E-state index contributed by atoms with van der Waals surface area (Å²) in [4.78, 5) is 11.4. The van der Waals surface area contributed by atoms with E-state index in [1.54, 1.807) is 41.5 Å².